The van der Waals surface area contributed by atoms with Gasteiger partial charge in [0, 0.05) is 25.7 Å². The average molecular weight is 526 g/mol. The molecule has 0 aliphatic carbocycles. The number of aromatic nitrogens is 4. The van der Waals surface area contributed by atoms with Crippen LogP contribution in [0.15, 0.2) is 36.4 Å². The number of halogens is 6. The Balaban J connectivity index is 1.78. The Labute approximate surface area is 208 Å². The summed E-state index contributed by atoms with van der Waals surface area (Å²) in [5.41, 5.74) is -0.802. The molecule has 0 spiro atoms. The van der Waals surface area contributed by atoms with Gasteiger partial charge in [0.1, 0.15) is 0 Å². The number of fused-ring (bicyclic) bond motifs is 1. The van der Waals surface area contributed by atoms with E-state index in [9.17, 15) is 31.1 Å². The highest BCUT2D eigenvalue weighted by Crippen LogP contribution is 2.41. The summed E-state index contributed by atoms with van der Waals surface area (Å²) in [6.45, 7) is 3.18. The Hall–Kier alpha value is -3.64. The molecule has 0 saturated carbocycles. The van der Waals surface area contributed by atoms with E-state index in [0.29, 0.717) is 48.7 Å². The van der Waals surface area contributed by atoms with Crippen molar-refractivity contribution in [2.24, 2.45) is 7.05 Å². The molecule has 13 heteroatoms. The highest BCUT2D eigenvalue weighted by molar-refractivity contribution is 5.75. The molecule has 3 aromatic rings. The summed E-state index contributed by atoms with van der Waals surface area (Å²) in [6.07, 6.45) is -8.98. The highest BCUT2D eigenvalue weighted by atomic mass is 19.4. The Morgan fingerprint density at radius 3 is 2.24 bits per heavy atom. The third-order valence-corrected chi connectivity index (χ3v) is 6.22. The monoisotopic (exact) mass is 526 g/mol. The number of carbonyl (C=O) groups is 1. The molecule has 1 aliphatic heterocycles. The second kappa shape index (κ2) is 9.67. The summed E-state index contributed by atoms with van der Waals surface area (Å²) in [5, 5.41) is 12.2. The van der Waals surface area contributed by atoms with Crippen LogP contribution in [0.25, 0.3) is 0 Å². The van der Waals surface area contributed by atoms with Crippen molar-refractivity contribution in [2.45, 2.75) is 51.6 Å². The fourth-order valence-electron chi connectivity index (χ4n) is 4.55. The molecule has 2 heterocycles. The first-order valence-corrected chi connectivity index (χ1v) is 11.4. The fourth-order valence-corrected chi connectivity index (χ4v) is 4.55. The molecule has 4 rings (SSSR count). The molecule has 198 valence electrons. The molecule has 1 atom stereocenters. The van der Waals surface area contributed by atoms with Crippen molar-refractivity contribution in [1.82, 2.24) is 25.1 Å². The van der Waals surface area contributed by atoms with Crippen molar-refractivity contribution in [1.29, 1.82) is 0 Å². The Kier molecular flexibility index (Phi) is 6.91. The quantitative estimate of drug-likeness (QED) is 0.416. The lowest BCUT2D eigenvalue weighted by atomic mass is 9.97. The number of nitrogens with zero attached hydrogens (tertiary/aromatic N) is 6. The van der Waals surface area contributed by atoms with E-state index in [0.717, 1.165) is 5.56 Å². The smallest absolute Gasteiger partial charge is 0.331 e. The van der Waals surface area contributed by atoms with Crippen LogP contribution < -0.4 is 4.90 Å². The largest absolute Gasteiger partial charge is 0.416 e. The summed E-state index contributed by atoms with van der Waals surface area (Å²) in [4.78, 5) is 17.3. The maximum atomic E-state index is 13.4. The summed E-state index contributed by atoms with van der Waals surface area (Å²) < 4.78 is 80.5. The van der Waals surface area contributed by atoms with Gasteiger partial charge in [0.05, 0.1) is 24.2 Å². The highest BCUT2D eigenvalue weighted by Gasteiger charge is 2.38. The molecule has 2 aromatic carbocycles. The number of rotatable bonds is 4. The van der Waals surface area contributed by atoms with Crippen LogP contribution in [0.1, 0.15) is 53.6 Å². The number of hydrogen-bond acceptors (Lipinski definition) is 5. The molecule has 1 unspecified atom stereocenters. The lowest BCUT2D eigenvalue weighted by molar-refractivity contribution is -0.143. The topological polar surface area (TPSA) is 67.2 Å². The molecule has 0 saturated heterocycles. The van der Waals surface area contributed by atoms with E-state index in [1.807, 2.05) is 30.0 Å². The van der Waals surface area contributed by atoms with Crippen molar-refractivity contribution in [3.63, 3.8) is 0 Å². The predicted molar refractivity (Wildman–Crippen MR) is 122 cm³/mol. The zero-order valence-electron chi connectivity index (χ0n) is 20.2. The maximum Gasteiger partial charge on any atom is 0.416 e. The molecule has 1 aromatic heterocycles. The molecule has 1 amide bonds. The van der Waals surface area contributed by atoms with Gasteiger partial charge in [-0.25, -0.2) is 0 Å². The number of carbonyl (C=O) groups excluding carboxylic acids is 1. The SMILES string of the molecule is CC(=O)N(Cc1cc(C(F)(F)F)cc(C(F)(F)F)c1)C1CCCN(c2nnn(C)n2)c2cc(C)ccc21. The van der Waals surface area contributed by atoms with Gasteiger partial charge in [-0.3, -0.25) is 4.79 Å². The zero-order valence-corrected chi connectivity index (χ0v) is 20.2. The number of amides is 1. The Morgan fingerprint density at radius 1 is 1.05 bits per heavy atom. The van der Waals surface area contributed by atoms with Crippen LogP contribution in [0.5, 0.6) is 0 Å². The van der Waals surface area contributed by atoms with E-state index in [2.05, 4.69) is 15.4 Å². The zero-order chi connectivity index (χ0) is 27.1. The van der Waals surface area contributed by atoms with Gasteiger partial charge in [0.2, 0.25) is 5.91 Å². The lowest BCUT2D eigenvalue weighted by Gasteiger charge is -2.32. The third-order valence-electron chi connectivity index (χ3n) is 6.22. The minimum Gasteiger partial charge on any atom is -0.331 e. The first-order valence-electron chi connectivity index (χ1n) is 11.4. The van der Waals surface area contributed by atoms with Crippen molar-refractivity contribution in [3.05, 3.63) is 64.2 Å². The van der Waals surface area contributed by atoms with Gasteiger partial charge < -0.3 is 9.80 Å². The third kappa shape index (κ3) is 5.70. The van der Waals surface area contributed by atoms with Gasteiger partial charge in [-0.1, -0.05) is 17.2 Å². The number of tetrazole rings is 1. The van der Waals surface area contributed by atoms with E-state index >= 15 is 0 Å². The van der Waals surface area contributed by atoms with Gasteiger partial charge in [-0.05, 0) is 65.9 Å². The number of alkyl halides is 6. The van der Waals surface area contributed by atoms with Crippen LogP contribution in [0.3, 0.4) is 0 Å². The van der Waals surface area contributed by atoms with Crippen molar-refractivity contribution in [2.75, 3.05) is 11.4 Å². The second-order valence-electron chi connectivity index (χ2n) is 9.01. The van der Waals surface area contributed by atoms with Crippen LogP contribution in [0, 0.1) is 6.92 Å². The summed E-state index contributed by atoms with van der Waals surface area (Å²) >= 11 is 0. The fraction of sp³-hybridized carbons (Fsp3) is 0.417. The number of aryl methyl sites for hydroxylation is 2. The molecular formula is C24H24F6N6O. The number of hydrogen-bond donors (Lipinski definition) is 0. The van der Waals surface area contributed by atoms with Gasteiger partial charge in [0.15, 0.2) is 0 Å². The first-order chi connectivity index (χ1) is 17.2. The molecule has 7 nitrogen and oxygen atoms in total. The molecular weight excluding hydrogens is 502 g/mol. The van der Waals surface area contributed by atoms with Gasteiger partial charge in [-0.2, -0.15) is 31.1 Å². The molecule has 0 radical (unpaired) electrons. The average Bonchev–Trinajstić information content (AvgIpc) is 3.14. The maximum absolute atomic E-state index is 13.4. The minimum absolute atomic E-state index is 0.0805. The molecule has 0 N–H and O–H groups in total. The van der Waals surface area contributed by atoms with E-state index in [1.54, 1.807) is 7.05 Å². The van der Waals surface area contributed by atoms with Crippen LogP contribution in [0.2, 0.25) is 0 Å². The van der Waals surface area contributed by atoms with E-state index in [-0.39, 0.29) is 11.6 Å². The van der Waals surface area contributed by atoms with E-state index in [4.69, 9.17) is 0 Å². The minimum atomic E-state index is -4.98. The van der Waals surface area contributed by atoms with Gasteiger partial charge in [-0.15, -0.1) is 5.10 Å². The van der Waals surface area contributed by atoms with Gasteiger partial charge >= 0.3 is 12.4 Å². The summed E-state index contributed by atoms with van der Waals surface area (Å²) in [5.74, 6) is -0.134. The Bertz CT molecular complexity index is 1270. The van der Waals surface area contributed by atoms with Crippen LogP contribution in [0.4, 0.5) is 38.0 Å². The van der Waals surface area contributed by atoms with Gasteiger partial charge in [0.25, 0.3) is 5.95 Å². The standard InChI is InChI=1S/C24H24F6N6O/c1-14-6-7-19-20(5-4-8-35(21(19)9-14)22-31-33-34(3)32-22)36(15(2)37)13-16-10-17(23(25,26)27)12-18(11-16)24(28,29)30/h6-7,9-12,20H,4-5,8,13H2,1-3H3. The van der Waals surface area contributed by atoms with E-state index in [1.165, 1.54) is 16.6 Å². The van der Waals surface area contributed by atoms with Crippen LogP contribution >= 0.6 is 0 Å². The van der Waals surface area contributed by atoms with E-state index < -0.39 is 42.0 Å². The first kappa shape index (κ1) is 26.4. The van der Waals surface area contributed by atoms with Crippen molar-refractivity contribution in [3.8, 4) is 0 Å². The van der Waals surface area contributed by atoms with Crippen LogP contribution in [-0.2, 0) is 30.7 Å². The second-order valence-corrected chi connectivity index (χ2v) is 9.01. The number of anilines is 2. The molecule has 1 aliphatic rings. The normalized spacial score (nSPS) is 16.4. The predicted octanol–water partition coefficient (Wildman–Crippen LogP) is 5.58. The van der Waals surface area contributed by atoms with Crippen molar-refractivity contribution >= 4 is 17.5 Å². The summed E-state index contributed by atoms with van der Waals surface area (Å²) in [6, 6.07) is 6.34. The molecule has 0 fully saturated rings. The lowest BCUT2D eigenvalue weighted by Crippen LogP contribution is -2.33. The summed E-state index contributed by atoms with van der Waals surface area (Å²) in [7, 11) is 1.62. The Morgan fingerprint density at radius 2 is 1.70 bits per heavy atom. The molecule has 0 bridgehead atoms. The van der Waals surface area contributed by atoms with Crippen molar-refractivity contribution < 1.29 is 31.1 Å². The van der Waals surface area contributed by atoms with Crippen LogP contribution in [-0.4, -0.2) is 37.6 Å². The molecule has 37 heavy (non-hydrogen) atoms. The number of benzene rings is 2.